The number of amides is 1. The second-order valence-electron chi connectivity index (χ2n) is 4.32. The van der Waals surface area contributed by atoms with E-state index in [4.69, 9.17) is 22.1 Å². The molecule has 4 nitrogen and oxygen atoms in total. The molecule has 0 heterocycles. The van der Waals surface area contributed by atoms with Crippen molar-refractivity contribution in [2.45, 2.75) is 26.3 Å². The number of rotatable bonds is 6. The van der Waals surface area contributed by atoms with Crippen LogP contribution in [0.15, 0.2) is 18.2 Å². The third kappa shape index (κ3) is 7.25. The smallest absolute Gasteiger partial charge is 0.257 e. The van der Waals surface area contributed by atoms with E-state index in [0.29, 0.717) is 17.3 Å². The third-order valence-electron chi connectivity index (χ3n) is 2.42. The van der Waals surface area contributed by atoms with Crippen molar-refractivity contribution in [1.82, 2.24) is 5.32 Å². The SMILES string of the molecule is Cc1cc(OCC(=O)NCCC(C)N)ccc1Cl.Cl. The van der Waals surface area contributed by atoms with Crippen LogP contribution in [0.3, 0.4) is 0 Å². The van der Waals surface area contributed by atoms with Crippen molar-refractivity contribution in [2.75, 3.05) is 13.2 Å². The lowest BCUT2D eigenvalue weighted by atomic mass is 10.2. The Kier molecular flexibility index (Phi) is 8.56. The molecule has 0 aromatic heterocycles. The second-order valence-corrected chi connectivity index (χ2v) is 4.72. The summed E-state index contributed by atoms with van der Waals surface area (Å²) in [6, 6.07) is 5.38. The predicted octanol–water partition coefficient (Wildman–Crippen LogP) is 2.30. The Morgan fingerprint density at radius 3 is 2.79 bits per heavy atom. The van der Waals surface area contributed by atoms with E-state index in [0.717, 1.165) is 12.0 Å². The molecular formula is C13H20Cl2N2O2. The molecule has 6 heteroatoms. The van der Waals surface area contributed by atoms with Crippen LogP contribution in [0.25, 0.3) is 0 Å². The van der Waals surface area contributed by atoms with E-state index in [1.807, 2.05) is 13.8 Å². The molecule has 0 saturated carbocycles. The molecule has 0 aliphatic carbocycles. The van der Waals surface area contributed by atoms with Crippen LogP contribution in [-0.4, -0.2) is 25.1 Å². The van der Waals surface area contributed by atoms with E-state index in [2.05, 4.69) is 5.32 Å². The third-order valence-corrected chi connectivity index (χ3v) is 2.85. The first-order chi connectivity index (χ1) is 8.49. The average Bonchev–Trinajstić information content (AvgIpc) is 2.30. The van der Waals surface area contributed by atoms with Gasteiger partial charge in [0.05, 0.1) is 0 Å². The van der Waals surface area contributed by atoms with Gasteiger partial charge in [0.2, 0.25) is 0 Å². The number of aryl methyl sites for hydroxylation is 1. The molecule has 1 unspecified atom stereocenters. The molecule has 19 heavy (non-hydrogen) atoms. The molecule has 0 fully saturated rings. The van der Waals surface area contributed by atoms with E-state index in [1.54, 1.807) is 18.2 Å². The van der Waals surface area contributed by atoms with Gasteiger partial charge in [-0.15, -0.1) is 12.4 Å². The van der Waals surface area contributed by atoms with Crippen LogP contribution < -0.4 is 15.8 Å². The summed E-state index contributed by atoms with van der Waals surface area (Å²) < 4.78 is 5.36. The number of benzene rings is 1. The fourth-order valence-electron chi connectivity index (χ4n) is 1.35. The van der Waals surface area contributed by atoms with E-state index in [9.17, 15) is 4.79 Å². The first kappa shape index (κ1) is 18.0. The molecule has 0 spiro atoms. The van der Waals surface area contributed by atoms with Crippen LogP contribution in [0.4, 0.5) is 0 Å². The predicted molar refractivity (Wildman–Crippen MR) is 80.2 cm³/mol. The summed E-state index contributed by atoms with van der Waals surface area (Å²) in [6.45, 7) is 4.36. The van der Waals surface area contributed by atoms with Gasteiger partial charge in [0, 0.05) is 17.6 Å². The summed E-state index contributed by atoms with van der Waals surface area (Å²) in [5.41, 5.74) is 6.50. The van der Waals surface area contributed by atoms with Crippen molar-refractivity contribution in [3.63, 3.8) is 0 Å². The highest BCUT2D eigenvalue weighted by atomic mass is 35.5. The maximum atomic E-state index is 11.4. The minimum Gasteiger partial charge on any atom is -0.484 e. The van der Waals surface area contributed by atoms with Gasteiger partial charge in [-0.1, -0.05) is 11.6 Å². The summed E-state index contributed by atoms with van der Waals surface area (Å²) in [5, 5.41) is 3.42. The number of carbonyl (C=O) groups is 1. The fraction of sp³-hybridized carbons (Fsp3) is 0.462. The molecule has 108 valence electrons. The lowest BCUT2D eigenvalue weighted by Crippen LogP contribution is -2.32. The number of hydrogen-bond donors (Lipinski definition) is 2. The minimum atomic E-state index is -0.150. The zero-order valence-corrected chi connectivity index (χ0v) is 12.7. The van der Waals surface area contributed by atoms with E-state index in [1.165, 1.54) is 0 Å². The topological polar surface area (TPSA) is 64.3 Å². The van der Waals surface area contributed by atoms with Crippen molar-refractivity contribution in [3.8, 4) is 5.75 Å². The van der Waals surface area contributed by atoms with Gasteiger partial charge in [-0.2, -0.15) is 0 Å². The van der Waals surface area contributed by atoms with Gasteiger partial charge < -0.3 is 15.8 Å². The quantitative estimate of drug-likeness (QED) is 0.847. The number of carbonyl (C=O) groups excluding carboxylic acids is 1. The number of nitrogens with two attached hydrogens (primary N) is 1. The lowest BCUT2D eigenvalue weighted by Gasteiger charge is -2.09. The van der Waals surface area contributed by atoms with Gasteiger partial charge in [-0.25, -0.2) is 0 Å². The second kappa shape index (κ2) is 9.02. The summed E-state index contributed by atoms with van der Waals surface area (Å²) in [4.78, 5) is 11.4. The summed E-state index contributed by atoms with van der Waals surface area (Å²) >= 11 is 5.89. The van der Waals surface area contributed by atoms with Crippen LogP contribution in [-0.2, 0) is 4.79 Å². The number of nitrogens with one attached hydrogen (secondary N) is 1. The summed E-state index contributed by atoms with van der Waals surface area (Å²) in [7, 11) is 0. The van der Waals surface area contributed by atoms with Crippen LogP contribution in [0.5, 0.6) is 5.75 Å². The Morgan fingerprint density at radius 1 is 1.53 bits per heavy atom. The Labute approximate surface area is 125 Å². The molecule has 1 amide bonds. The summed E-state index contributed by atoms with van der Waals surface area (Å²) in [6.07, 6.45) is 0.756. The van der Waals surface area contributed by atoms with Gasteiger partial charge in [0.15, 0.2) is 6.61 Å². The van der Waals surface area contributed by atoms with Gasteiger partial charge in [-0.3, -0.25) is 4.79 Å². The Hall–Kier alpha value is -0.970. The molecule has 3 N–H and O–H groups in total. The molecule has 0 radical (unpaired) electrons. The highest BCUT2D eigenvalue weighted by Gasteiger charge is 2.04. The van der Waals surface area contributed by atoms with Crippen molar-refractivity contribution < 1.29 is 9.53 Å². The lowest BCUT2D eigenvalue weighted by molar-refractivity contribution is -0.123. The van der Waals surface area contributed by atoms with Crippen molar-refractivity contribution in [3.05, 3.63) is 28.8 Å². The maximum absolute atomic E-state index is 11.4. The van der Waals surface area contributed by atoms with Gasteiger partial charge in [0.25, 0.3) is 5.91 Å². The Morgan fingerprint density at radius 2 is 2.21 bits per heavy atom. The van der Waals surface area contributed by atoms with Crippen molar-refractivity contribution in [1.29, 1.82) is 0 Å². The Bertz CT molecular complexity index is 412. The number of ether oxygens (including phenoxy) is 1. The van der Waals surface area contributed by atoms with Crippen LogP contribution in [0, 0.1) is 6.92 Å². The average molecular weight is 307 g/mol. The first-order valence-corrected chi connectivity index (χ1v) is 6.28. The van der Waals surface area contributed by atoms with Crippen molar-refractivity contribution in [2.24, 2.45) is 5.73 Å². The normalized spacial score (nSPS) is 11.4. The highest BCUT2D eigenvalue weighted by Crippen LogP contribution is 2.20. The monoisotopic (exact) mass is 306 g/mol. The highest BCUT2D eigenvalue weighted by molar-refractivity contribution is 6.31. The molecular weight excluding hydrogens is 287 g/mol. The van der Waals surface area contributed by atoms with Crippen LogP contribution in [0.2, 0.25) is 5.02 Å². The molecule has 0 aliphatic heterocycles. The molecule has 1 atom stereocenters. The molecule has 1 aromatic carbocycles. The van der Waals surface area contributed by atoms with Crippen molar-refractivity contribution >= 4 is 29.9 Å². The minimum absolute atomic E-state index is 0. The van der Waals surface area contributed by atoms with E-state index in [-0.39, 0.29) is 31.0 Å². The van der Waals surface area contributed by atoms with Crippen LogP contribution >= 0.6 is 24.0 Å². The zero-order chi connectivity index (χ0) is 13.5. The van der Waals surface area contributed by atoms with E-state index >= 15 is 0 Å². The fourth-order valence-corrected chi connectivity index (χ4v) is 1.46. The summed E-state index contributed by atoms with van der Waals surface area (Å²) in [5.74, 6) is 0.488. The molecule has 1 aromatic rings. The number of halogens is 2. The van der Waals surface area contributed by atoms with E-state index < -0.39 is 0 Å². The largest absolute Gasteiger partial charge is 0.484 e. The van der Waals surface area contributed by atoms with Gasteiger partial charge in [-0.05, 0) is 44.0 Å². The first-order valence-electron chi connectivity index (χ1n) is 5.90. The standard InChI is InChI=1S/C13H19ClN2O2.ClH/c1-9-7-11(3-4-12(9)14)18-8-13(17)16-6-5-10(2)15;/h3-4,7,10H,5-6,8,15H2,1-2H3,(H,16,17);1H. The van der Waals surface area contributed by atoms with Crippen LogP contribution in [0.1, 0.15) is 18.9 Å². The molecule has 0 bridgehead atoms. The van der Waals surface area contributed by atoms with Gasteiger partial charge >= 0.3 is 0 Å². The van der Waals surface area contributed by atoms with Gasteiger partial charge in [0.1, 0.15) is 5.75 Å². The molecule has 0 aliphatic rings. The molecule has 1 rings (SSSR count). The number of hydrogen-bond acceptors (Lipinski definition) is 3. The molecule has 0 saturated heterocycles. The zero-order valence-electron chi connectivity index (χ0n) is 11.1. The maximum Gasteiger partial charge on any atom is 0.257 e. The Balaban J connectivity index is 0.00000324.